The molecule has 12 aromatic rings. The van der Waals surface area contributed by atoms with Crippen molar-refractivity contribution in [2.75, 3.05) is 0 Å². The van der Waals surface area contributed by atoms with E-state index in [1.165, 1.54) is 11.1 Å². The van der Waals surface area contributed by atoms with Crippen molar-refractivity contribution in [1.82, 2.24) is 19.9 Å². The van der Waals surface area contributed by atoms with Gasteiger partial charge >= 0.3 is 0 Å². The molecule has 0 saturated heterocycles. The van der Waals surface area contributed by atoms with Crippen LogP contribution in [-0.2, 0) is 0 Å². The van der Waals surface area contributed by atoms with Gasteiger partial charge in [0.05, 0.1) is 5.39 Å². The topological polar surface area (TPSA) is 77.8 Å². The zero-order valence-electron chi connectivity index (χ0n) is 30.9. The van der Waals surface area contributed by atoms with E-state index in [-0.39, 0.29) is 0 Å². The molecule has 0 spiro atoms. The van der Waals surface area contributed by atoms with Crippen LogP contribution in [0.2, 0.25) is 0 Å². The SMILES string of the molecule is c1ccc(-c2ccc3cc(-c4nc(-c5ccc6ccccc6c5)nc(-c5ccc6c(ccc7c6oc6ccc8nc(-c9ccccc9)oc8c67)c5)n4)ccc3c2)cc1. The van der Waals surface area contributed by atoms with Gasteiger partial charge < -0.3 is 8.83 Å². The molecule has 6 heteroatoms. The maximum Gasteiger partial charge on any atom is 0.227 e. The molecule has 0 fully saturated rings. The maximum atomic E-state index is 6.56. The molecular weight excluding hydrogens is 713 g/mol. The summed E-state index contributed by atoms with van der Waals surface area (Å²) in [6, 6.07) is 62.6. The Kier molecular flexibility index (Phi) is 7.13. The van der Waals surface area contributed by atoms with Gasteiger partial charge in [0, 0.05) is 33.0 Å². The van der Waals surface area contributed by atoms with Gasteiger partial charge in [-0.3, -0.25) is 0 Å². The van der Waals surface area contributed by atoms with Crippen molar-refractivity contribution in [2.24, 2.45) is 0 Å². The second kappa shape index (κ2) is 12.8. The fourth-order valence-electron chi connectivity index (χ4n) is 8.16. The van der Waals surface area contributed by atoms with E-state index in [9.17, 15) is 0 Å². The minimum absolute atomic E-state index is 0.587. The summed E-state index contributed by atoms with van der Waals surface area (Å²) in [6.07, 6.45) is 0. The maximum absolute atomic E-state index is 6.56. The van der Waals surface area contributed by atoms with Gasteiger partial charge in [-0.25, -0.2) is 19.9 Å². The molecule has 58 heavy (non-hydrogen) atoms. The number of nitrogens with zero attached hydrogens (tertiary/aromatic N) is 4. The summed E-state index contributed by atoms with van der Waals surface area (Å²) in [5.74, 6) is 2.41. The number of hydrogen-bond acceptors (Lipinski definition) is 6. The predicted octanol–water partition coefficient (Wildman–Crippen LogP) is 13.7. The third kappa shape index (κ3) is 5.34. The average molecular weight is 743 g/mol. The Morgan fingerprint density at radius 1 is 0.310 bits per heavy atom. The highest BCUT2D eigenvalue weighted by atomic mass is 16.4. The molecular formula is C52H30N4O2. The molecule has 3 aromatic heterocycles. The van der Waals surface area contributed by atoms with E-state index in [1.54, 1.807) is 0 Å². The molecule has 0 radical (unpaired) electrons. The molecule has 0 bridgehead atoms. The van der Waals surface area contributed by atoms with Gasteiger partial charge in [0.1, 0.15) is 16.7 Å². The Balaban J connectivity index is 0.990. The van der Waals surface area contributed by atoms with Gasteiger partial charge in [-0.1, -0.05) is 121 Å². The van der Waals surface area contributed by atoms with E-state index in [4.69, 9.17) is 28.8 Å². The van der Waals surface area contributed by atoms with Crippen LogP contribution in [0.4, 0.5) is 0 Å². The lowest BCUT2D eigenvalue weighted by atomic mass is 10.00. The second-order valence-corrected chi connectivity index (χ2v) is 14.7. The molecule has 3 heterocycles. The summed E-state index contributed by atoms with van der Waals surface area (Å²) in [4.78, 5) is 20.2. The molecule has 0 unspecified atom stereocenters. The number of benzene rings is 9. The summed E-state index contributed by atoms with van der Waals surface area (Å²) < 4.78 is 13.0. The highest BCUT2D eigenvalue weighted by molar-refractivity contribution is 6.21. The number of fused-ring (bicyclic) bond motifs is 9. The smallest absolute Gasteiger partial charge is 0.227 e. The number of hydrogen-bond donors (Lipinski definition) is 0. The summed E-state index contributed by atoms with van der Waals surface area (Å²) in [5.41, 5.74) is 9.09. The van der Waals surface area contributed by atoms with Gasteiger partial charge in [0.25, 0.3) is 0 Å². The lowest BCUT2D eigenvalue weighted by Crippen LogP contribution is -2.00. The first-order chi connectivity index (χ1) is 28.7. The summed E-state index contributed by atoms with van der Waals surface area (Å²) in [7, 11) is 0. The molecule has 0 aliphatic heterocycles. The van der Waals surface area contributed by atoms with E-state index >= 15 is 0 Å². The van der Waals surface area contributed by atoms with Gasteiger partial charge in [0.15, 0.2) is 23.1 Å². The number of rotatable bonds is 5. The highest BCUT2D eigenvalue weighted by Crippen LogP contribution is 2.40. The average Bonchev–Trinajstić information content (AvgIpc) is 3.91. The van der Waals surface area contributed by atoms with Crippen molar-refractivity contribution in [2.45, 2.75) is 0 Å². The van der Waals surface area contributed by atoms with Crippen LogP contribution in [0.25, 0.3) is 122 Å². The van der Waals surface area contributed by atoms with Crippen molar-refractivity contribution < 1.29 is 8.83 Å². The van der Waals surface area contributed by atoms with Crippen molar-refractivity contribution >= 4 is 65.4 Å². The molecule has 270 valence electrons. The number of oxazole rings is 1. The van der Waals surface area contributed by atoms with E-state index in [2.05, 4.69) is 133 Å². The molecule has 9 aromatic carbocycles. The van der Waals surface area contributed by atoms with Gasteiger partial charge in [-0.15, -0.1) is 0 Å². The van der Waals surface area contributed by atoms with Crippen LogP contribution in [0.5, 0.6) is 0 Å². The van der Waals surface area contributed by atoms with Crippen molar-refractivity contribution in [3.63, 3.8) is 0 Å². The quantitative estimate of drug-likeness (QED) is 0.175. The lowest BCUT2D eigenvalue weighted by Gasteiger charge is -2.11. The van der Waals surface area contributed by atoms with Gasteiger partial charge in [-0.05, 0) is 98.7 Å². The molecule has 0 amide bonds. The van der Waals surface area contributed by atoms with E-state index in [0.29, 0.717) is 23.4 Å². The van der Waals surface area contributed by atoms with Crippen LogP contribution in [0, 0.1) is 0 Å². The minimum atomic E-state index is 0.587. The summed E-state index contributed by atoms with van der Waals surface area (Å²) in [6.45, 7) is 0. The Labute approximate surface area is 331 Å². The van der Waals surface area contributed by atoms with Crippen molar-refractivity contribution in [3.05, 3.63) is 182 Å². The first-order valence-electron chi connectivity index (χ1n) is 19.3. The van der Waals surface area contributed by atoms with Gasteiger partial charge in [-0.2, -0.15) is 0 Å². The summed E-state index contributed by atoms with van der Waals surface area (Å²) >= 11 is 0. The Morgan fingerprint density at radius 2 is 0.828 bits per heavy atom. The van der Waals surface area contributed by atoms with Crippen LogP contribution >= 0.6 is 0 Å². The van der Waals surface area contributed by atoms with Crippen LogP contribution in [0.15, 0.2) is 191 Å². The third-order valence-corrected chi connectivity index (χ3v) is 11.1. The van der Waals surface area contributed by atoms with Crippen molar-refractivity contribution in [1.29, 1.82) is 0 Å². The standard InChI is InChI=1S/C52H30N4O2/c1-3-9-31(10-4-1)35-16-17-37-29-40(20-18-36(37)27-35)50-54-49(39-19-15-32-11-7-8-14-34(32)28-39)55-51(56-50)41-22-23-42-38(30-41)21-24-43-46-45(57-47(42)43)26-25-44-48(46)58-52(53-44)33-12-5-2-6-13-33/h1-30H. The zero-order valence-corrected chi connectivity index (χ0v) is 30.9. The first kappa shape index (κ1) is 32.3. The summed E-state index contributed by atoms with van der Waals surface area (Å²) in [5, 5.41) is 8.46. The normalized spacial score (nSPS) is 11.8. The lowest BCUT2D eigenvalue weighted by molar-refractivity contribution is 0.622. The fraction of sp³-hybridized carbons (Fsp3) is 0. The predicted molar refractivity (Wildman–Crippen MR) is 234 cm³/mol. The Morgan fingerprint density at radius 3 is 1.53 bits per heavy atom. The Bertz CT molecular complexity index is 3570. The van der Waals surface area contributed by atoms with Gasteiger partial charge in [0.2, 0.25) is 5.89 Å². The molecule has 0 atom stereocenters. The van der Waals surface area contributed by atoms with Crippen LogP contribution in [0.3, 0.4) is 0 Å². The first-order valence-corrected chi connectivity index (χ1v) is 19.3. The van der Waals surface area contributed by atoms with Crippen molar-refractivity contribution in [3.8, 4) is 56.7 Å². The molecule has 0 aliphatic carbocycles. The van der Waals surface area contributed by atoms with Crippen LogP contribution in [-0.4, -0.2) is 19.9 Å². The molecule has 0 N–H and O–H groups in total. The monoisotopic (exact) mass is 742 g/mol. The van der Waals surface area contributed by atoms with E-state index in [1.807, 2.05) is 48.5 Å². The Hall–Kier alpha value is -7.96. The molecule has 12 rings (SSSR count). The molecule has 6 nitrogen and oxygen atoms in total. The van der Waals surface area contributed by atoms with E-state index in [0.717, 1.165) is 87.6 Å². The fourth-order valence-corrected chi connectivity index (χ4v) is 8.16. The zero-order chi connectivity index (χ0) is 38.2. The number of aromatic nitrogens is 4. The minimum Gasteiger partial charge on any atom is -0.455 e. The molecule has 0 aliphatic rings. The van der Waals surface area contributed by atoms with Crippen LogP contribution in [0.1, 0.15) is 0 Å². The largest absolute Gasteiger partial charge is 0.455 e. The van der Waals surface area contributed by atoms with E-state index < -0.39 is 0 Å². The van der Waals surface area contributed by atoms with Crippen LogP contribution < -0.4 is 0 Å². The highest BCUT2D eigenvalue weighted by Gasteiger charge is 2.19. The third-order valence-electron chi connectivity index (χ3n) is 11.1. The molecule has 0 saturated carbocycles. The second-order valence-electron chi connectivity index (χ2n) is 14.7. The number of furan rings is 1.